The molecule has 2 N–H and O–H groups in total. The highest BCUT2D eigenvalue weighted by Gasteiger charge is 2.08. The van der Waals surface area contributed by atoms with Gasteiger partial charge in [-0.3, -0.25) is 4.79 Å². The van der Waals surface area contributed by atoms with Crippen molar-refractivity contribution in [2.75, 3.05) is 32.6 Å². The van der Waals surface area contributed by atoms with Gasteiger partial charge in [0, 0.05) is 13.0 Å². The molecule has 2 aromatic rings. The van der Waals surface area contributed by atoms with E-state index in [1.54, 1.807) is 32.4 Å². The Bertz CT molecular complexity index is 754. The standard InChI is InChI=1S/C19H22Cl2N2O3/c1-25-16-7-6-13(12-17(16)26-2)8-10-22-11-9-18(24)23-15-5-3-4-14(20)19(15)21/h3-7,12,22H,8-11H2,1-2H3,(H,23,24). The van der Waals surface area contributed by atoms with E-state index >= 15 is 0 Å². The summed E-state index contributed by atoms with van der Waals surface area (Å²) in [5, 5.41) is 6.78. The average molecular weight is 397 g/mol. The summed E-state index contributed by atoms with van der Waals surface area (Å²) in [6.07, 6.45) is 1.16. The fraction of sp³-hybridized carbons (Fsp3) is 0.316. The number of benzene rings is 2. The molecule has 0 fully saturated rings. The zero-order chi connectivity index (χ0) is 18.9. The number of halogens is 2. The molecule has 0 radical (unpaired) electrons. The molecule has 2 rings (SSSR count). The molecule has 26 heavy (non-hydrogen) atoms. The Kier molecular flexibility index (Phi) is 8.04. The van der Waals surface area contributed by atoms with Crippen molar-refractivity contribution in [3.63, 3.8) is 0 Å². The molecule has 140 valence electrons. The number of amides is 1. The maximum atomic E-state index is 12.0. The van der Waals surface area contributed by atoms with Crippen LogP contribution in [0.25, 0.3) is 0 Å². The van der Waals surface area contributed by atoms with Crippen molar-refractivity contribution in [1.82, 2.24) is 5.32 Å². The summed E-state index contributed by atoms with van der Waals surface area (Å²) < 4.78 is 10.5. The van der Waals surface area contributed by atoms with E-state index in [2.05, 4.69) is 10.6 Å². The van der Waals surface area contributed by atoms with Gasteiger partial charge >= 0.3 is 0 Å². The van der Waals surface area contributed by atoms with Crippen molar-refractivity contribution < 1.29 is 14.3 Å². The lowest BCUT2D eigenvalue weighted by molar-refractivity contribution is -0.116. The van der Waals surface area contributed by atoms with Crippen LogP contribution < -0.4 is 20.1 Å². The Morgan fingerprint density at radius 3 is 2.54 bits per heavy atom. The van der Waals surface area contributed by atoms with Gasteiger partial charge in [0.15, 0.2) is 11.5 Å². The van der Waals surface area contributed by atoms with E-state index in [-0.39, 0.29) is 5.91 Å². The molecule has 2 aromatic carbocycles. The van der Waals surface area contributed by atoms with Crippen molar-refractivity contribution in [3.8, 4) is 11.5 Å². The summed E-state index contributed by atoms with van der Waals surface area (Å²) in [6.45, 7) is 1.32. The van der Waals surface area contributed by atoms with Crippen molar-refractivity contribution in [3.05, 3.63) is 52.0 Å². The molecule has 7 heteroatoms. The topological polar surface area (TPSA) is 59.6 Å². The first kappa shape index (κ1) is 20.4. The predicted octanol–water partition coefficient (Wildman–Crippen LogP) is 4.17. The average Bonchev–Trinajstić information content (AvgIpc) is 2.65. The summed E-state index contributed by atoms with van der Waals surface area (Å²) in [7, 11) is 3.23. The third-order valence-corrected chi connectivity index (χ3v) is 4.61. The third kappa shape index (κ3) is 5.80. The maximum absolute atomic E-state index is 12.0. The molecule has 0 unspecified atom stereocenters. The van der Waals surface area contributed by atoms with E-state index in [9.17, 15) is 4.79 Å². The highest BCUT2D eigenvalue weighted by molar-refractivity contribution is 6.43. The lowest BCUT2D eigenvalue weighted by Crippen LogP contribution is -2.23. The quantitative estimate of drug-likeness (QED) is 0.624. The summed E-state index contributed by atoms with van der Waals surface area (Å²) in [5.74, 6) is 1.30. The van der Waals surface area contributed by atoms with Crippen LogP contribution in [-0.4, -0.2) is 33.2 Å². The zero-order valence-electron chi connectivity index (χ0n) is 14.8. The first-order valence-electron chi connectivity index (χ1n) is 8.20. The first-order chi connectivity index (χ1) is 12.5. The number of carbonyl (C=O) groups excluding carboxylic acids is 1. The molecule has 0 heterocycles. The number of methoxy groups -OCH3 is 2. The van der Waals surface area contributed by atoms with Crippen LogP contribution in [0, 0.1) is 0 Å². The Morgan fingerprint density at radius 1 is 1.04 bits per heavy atom. The van der Waals surface area contributed by atoms with Crippen LogP contribution in [0.5, 0.6) is 11.5 Å². The van der Waals surface area contributed by atoms with Gasteiger partial charge in [-0.25, -0.2) is 0 Å². The van der Waals surface area contributed by atoms with E-state index in [1.807, 2.05) is 18.2 Å². The number of nitrogens with one attached hydrogen (secondary N) is 2. The summed E-state index contributed by atoms with van der Waals surface area (Å²) in [5.41, 5.74) is 1.65. The number of ether oxygens (including phenoxy) is 2. The highest BCUT2D eigenvalue weighted by Crippen LogP contribution is 2.29. The van der Waals surface area contributed by atoms with E-state index in [4.69, 9.17) is 32.7 Å². The number of rotatable bonds is 9. The second-order valence-corrected chi connectivity index (χ2v) is 6.37. The van der Waals surface area contributed by atoms with Crippen LogP contribution in [0.2, 0.25) is 10.0 Å². The van der Waals surface area contributed by atoms with Crippen molar-refractivity contribution in [2.45, 2.75) is 12.8 Å². The van der Waals surface area contributed by atoms with E-state index in [1.165, 1.54) is 0 Å². The minimum absolute atomic E-state index is 0.118. The summed E-state index contributed by atoms with van der Waals surface area (Å²) in [6, 6.07) is 11.0. The largest absolute Gasteiger partial charge is 0.493 e. The van der Waals surface area contributed by atoms with Crippen LogP contribution >= 0.6 is 23.2 Å². The Labute approximate surface area is 163 Å². The SMILES string of the molecule is COc1ccc(CCNCCC(=O)Nc2cccc(Cl)c2Cl)cc1OC. The molecule has 5 nitrogen and oxygen atoms in total. The van der Waals surface area contributed by atoms with Crippen molar-refractivity contribution >= 4 is 34.8 Å². The predicted molar refractivity (Wildman–Crippen MR) is 106 cm³/mol. The second-order valence-electron chi connectivity index (χ2n) is 5.59. The summed E-state index contributed by atoms with van der Waals surface area (Å²) in [4.78, 5) is 12.0. The molecule has 0 atom stereocenters. The van der Waals surface area contributed by atoms with Gasteiger partial charge in [-0.1, -0.05) is 35.3 Å². The van der Waals surface area contributed by atoms with Gasteiger partial charge in [0.25, 0.3) is 0 Å². The molecule has 0 bridgehead atoms. The number of carbonyl (C=O) groups is 1. The fourth-order valence-electron chi connectivity index (χ4n) is 2.41. The van der Waals surface area contributed by atoms with Gasteiger partial charge in [0.2, 0.25) is 5.91 Å². The van der Waals surface area contributed by atoms with E-state index in [0.717, 1.165) is 18.5 Å². The smallest absolute Gasteiger partial charge is 0.225 e. The van der Waals surface area contributed by atoms with Crippen LogP contribution in [0.1, 0.15) is 12.0 Å². The number of hydrogen-bond acceptors (Lipinski definition) is 4. The van der Waals surface area contributed by atoms with Crippen LogP contribution in [0.4, 0.5) is 5.69 Å². The summed E-state index contributed by atoms with van der Waals surface area (Å²) >= 11 is 12.0. The van der Waals surface area contributed by atoms with Crippen LogP contribution in [0.15, 0.2) is 36.4 Å². The number of hydrogen-bond donors (Lipinski definition) is 2. The minimum atomic E-state index is -0.118. The normalized spacial score (nSPS) is 10.5. The van der Waals surface area contributed by atoms with Gasteiger partial charge in [-0.05, 0) is 42.8 Å². The van der Waals surface area contributed by atoms with Gasteiger partial charge < -0.3 is 20.1 Å². The molecule has 0 saturated carbocycles. The highest BCUT2D eigenvalue weighted by atomic mass is 35.5. The van der Waals surface area contributed by atoms with Gasteiger partial charge in [-0.2, -0.15) is 0 Å². The second kappa shape index (κ2) is 10.3. The fourth-order valence-corrected chi connectivity index (χ4v) is 2.76. The Balaban J connectivity index is 1.72. The Morgan fingerprint density at radius 2 is 1.81 bits per heavy atom. The molecule has 0 aliphatic carbocycles. The molecule has 0 aromatic heterocycles. The monoisotopic (exact) mass is 396 g/mol. The van der Waals surface area contributed by atoms with Crippen molar-refractivity contribution in [1.29, 1.82) is 0 Å². The van der Waals surface area contributed by atoms with Crippen LogP contribution in [0.3, 0.4) is 0 Å². The molecule has 1 amide bonds. The minimum Gasteiger partial charge on any atom is -0.493 e. The van der Waals surface area contributed by atoms with Crippen molar-refractivity contribution in [2.24, 2.45) is 0 Å². The van der Waals surface area contributed by atoms with Crippen LogP contribution in [-0.2, 0) is 11.2 Å². The molecule has 0 aliphatic heterocycles. The molecule has 0 spiro atoms. The first-order valence-corrected chi connectivity index (χ1v) is 8.96. The lowest BCUT2D eigenvalue weighted by atomic mass is 10.1. The molecule has 0 saturated heterocycles. The Hall–Kier alpha value is -1.95. The van der Waals surface area contributed by atoms with Gasteiger partial charge in [-0.15, -0.1) is 0 Å². The van der Waals surface area contributed by atoms with E-state index < -0.39 is 0 Å². The third-order valence-electron chi connectivity index (χ3n) is 3.79. The van der Waals surface area contributed by atoms with E-state index in [0.29, 0.717) is 40.2 Å². The number of anilines is 1. The maximum Gasteiger partial charge on any atom is 0.225 e. The van der Waals surface area contributed by atoms with Gasteiger partial charge in [0.05, 0.1) is 30.0 Å². The molecular formula is C19H22Cl2N2O3. The zero-order valence-corrected chi connectivity index (χ0v) is 16.3. The lowest BCUT2D eigenvalue weighted by Gasteiger charge is -2.10. The molecular weight excluding hydrogens is 375 g/mol. The van der Waals surface area contributed by atoms with Gasteiger partial charge in [0.1, 0.15) is 0 Å². The molecule has 0 aliphatic rings.